The second-order valence-corrected chi connectivity index (χ2v) is 14.0. The zero-order valence-corrected chi connectivity index (χ0v) is 29.3. The van der Waals surface area contributed by atoms with E-state index in [-0.39, 0.29) is 24.1 Å². The van der Waals surface area contributed by atoms with Crippen LogP contribution in [-0.2, 0) is 22.7 Å². The van der Waals surface area contributed by atoms with E-state index in [9.17, 15) is 19.2 Å². The van der Waals surface area contributed by atoms with Gasteiger partial charge in [0.2, 0.25) is 11.8 Å². The number of likely N-dealkylation sites (tertiary alicyclic amines) is 1. The van der Waals surface area contributed by atoms with Crippen LogP contribution in [0.3, 0.4) is 0 Å². The molecule has 52 heavy (non-hydrogen) atoms. The lowest BCUT2D eigenvalue weighted by Crippen LogP contribution is -2.52. The van der Waals surface area contributed by atoms with Crippen LogP contribution in [0.4, 0.5) is 5.82 Å². The highest BCUT2D eigenvalue weighted by atomic mass is 16.2. The number of aromatic nitrogens is 4. The van der Waals surface area contributed by atoms with Crippen molar-refractivity contribution in [2.75, 3.05) is 18.9 Å². The lowest BCUT2D eigenvalue weighted by Gasteiger charge is -2.29. The Morgan fingerprint density at radius 1 is 1.06 bits per heavy atom. The van der Waals surface area contributed by atoms with Crippen LogP contribution in [0.1, 0.15) is 94.2 Å². The number of imide groups is 1. The van der Waals surface area contributed by atoms with E-state index in [4.69, 9.17) is 5.10 Å². The van der Waals surface area contributed by atoms with Crippen molar-refractivity contribution in [2.24, 2.45) is 0 Å². The van der Waals surface area contributed by atoms with Crippen LogP contribution in [0.25, 0.3) is 21.8 Å². The number of fused-ring (bicyclic) bond motifs is 3. The number of hydrogen-bond acceptors (Lipinski definition) is 7. The molecule has 2 aromatic carbocycles. The SMILES string of the molecule is Cc1nn(CCCCC#Cc2cccc3c2CN(C2CCC(=O)NC2=O)C3=O)c2cc(C(=O)Nc3cc4[nH]c([C@H]5CCCN5C)cc4cn3)ccc12. The molecule has 264 valence electrons. The molecule has 2 fully saturated rings. The summed E-state index contributed by atoms with van der Waals surface area (Å²) in [5, 5.41) is 12.1. The summed E-state index contributed by atoms with van der Waals surface area (Å²) in [6.45, 7) is 4.04. The lowest BCUT2D eigenvalue weighted by atomic mass is 10.0. The summed E-state index contributed by atoms with van der Waals surface area (Å²) >= 11 is 0. The number of rotatable bonds is 8. The van der Waals surface area contributed by atoms with Crippen molar-refractivity contribution in [2.45, 2.75) is 77.0 Å². The predicted molar refractivity (Wildman–Crippen MR) is 196 cm³/mol. The first-order valence-electron chi connectivity index (χ1n) is 18.0. The van der Waals surface area contributed by atoms with Crippen LogP contribution in [0, 0.1) is 18.8 Å². The fraction of sp³-hybridized carbons (Fsp3) is 0.350. The monoisotopic (exact) mass is 696 g/mol. The molecule has 0 spiro atoms. The average Bonchev–Trinajstić information content (AvgIpc) is 3.91. The van der Waals surface area contributed by atoms with Crippen molar-refractivity contribution in [3.05, 3.63) is 88.4 Å². The molecule has 2 atom stereocenters. The molecule has 8 rings (SSSR count). The Hall–Kier alpha value is -5.80. The van der Waals surface area contributed by atoms with Crippen molar-refractivity contribution in [3.63, 3.8) is 0 Å². The molecule has 0 radical (unpaired) electrons. The quantitative estimate of drug-likeness (QED) is 0.115. The van der Waals surface area contributed by atoms with E-state index in [0.717, 1.165) is 64.4 Å². The number of pyridine rings is 1. The number of aromatic amines is 1. The first-order chi connectivity index (χ1) is 25.2. The van der Waals surface area contributed by atoms with Crippen LogP contribution in [-0.4, -0.2) is 72.8 Å². The number of nitrogens with zero attached hydrogens (tertiary/aromatic N) is 5. The number of H-pyrrole nitrogens is 1. The molecule has 3 N–H and O–H groups in total. The van der Waals surface area contributed by atoms with Gasteiger partial charge in [0.05, 0.1) is 16.7 Å². The Kier molecular flexibility index (Phi) is 8.80. The first kappa shape index (κ1) is 33.3. The van der Waals surface area contributed by atoms with Gasteiger partial charge in [-0.2, -0.15) is 5.10 Å². The van der Waals surface area contributed by atoms with Gasteiger partial charge in [-0.25, -0.2) is 4.98 Å². The first-order valence-corrected chi connectivity index (χ1v) is 18.0. The number of benzene rings is 2. The summed E-state index contributed by atoms with van der Waals surface area (Å²) in [6.07, 6.45) is 7.01. The van der Waals surface area contributed by atoms with Gasteiger partial charge in [-0.15, -0.1) is 0 Å². The highest BCUT2D eigenvalue weighted by molar-refractivity contribution is 6.07. The molecule has 1 unspecified atom stereocenters. The molecule has 12 heteroatoms. The Bertz CT molecular complexity index is 2330. The van der Waals surface area contributed by atoms with Crippen molar-refractivity contribution in [1.82, 2.24) is 34.9 Å². The van der Waals surface area contributed by atoms with E-state index in [1.807, 2.05) is 48.0 Å². The van der Waals surface area contributed by atoms with E-state index in [1.165, 1.54) is 12.1 Å². The van der Waals surface area contributed by atoms with Gasteiger partial charge in [-0.05, 0) is 88.5 Å². The van der Waals surface area contributed by atoms with Crippen LogP contribution < -0.4 is 10.6 Å². The molecular weight excluding hydrogens is 656 g/mol. The number of anilines is 1. The van der Waals surface area contributed by atoms with Gasteiger partial charge in [0.15, 0.2) is 0 Å². The zero-order chi connectivity index (χ0) is 35.9. The highest BCUT2D eigenvalue weighted by Crippen LogP contribution is 2.33. The molecule has 4 amide bonds. The summed E-state index contributed by atoms with van der Waals surface area (Å²) in [6, 6.07) is 14.9. The standard InChI is InChI=1S/C40H40N8O4/c1-24-28-14-13-26(38(50)43-36-21-31-27(22-41-36)19-32(42-31)33-12-8-17-46(33)2)20-35(28)48(45-24)18-6-4-3-5-9-25-10-7-11-29-30(25)23-47(40(29)52)34-15-16-37(49)44-39(34)51/h7,10-11,13-14,19-22,33-34,42H,3-4,6,8,12,15-18,23H2,1-2H3,(H,41,43,50)(H,44,49,51)/t33-,34?/m1/s1. The molecule has 0 saturated carbocycles. The van der Waals surface area contributed by atoms with E-state index >= 15 is 0 Å². The molecule has 0 aliphatic carbocycles. The minimum absolute atomic E-state index is 0.202. The van der Waals surface area contributed by atoms with Crippen molar-refractivity contribution in [3.8, 4) is 11.8 Å². The normalized spacial score (nSPS) is 18.9. The van der Waals surface area contributed by atoms with E-state index in [2.05, 4.69) is 50.5 Å². The fourth-order valence-corrected chi connectivity index (χ4v) is 7.77. The number of amides is 4. The summed E-state index contributed by atoms with van der Waals surface area (Å²) < 4.78 is 1.96. The lowest BCUT2D eigenvalue weighted by molar-refractivity contribution is -0.136. The number of carbonyl (C=O) groups is 4. The zero-order valence-electron chi connectivity index (χ0n) is 29.3. The van der Waals surface area contributed by atoms with Crippen molar-refractivity contribution >= 4 is 51.3 Å². The maximum Gasteiger partial charge on any atom is 0.256 e. The van der Waals surface area contributed by atoms with Crippen LogP contribution >= 0.6 is 0 Å². The highest BCUT2D eigenvalue weighted by Gasteiger charge is 2.39. The number of carbonyl (C=O) groups excluding carboxylic acids is 4. The molecule has 3 aliphatic heterocycles. The third kappa shape index (κ3) is 6.32. The molecule has 2 saturated heterocycles. The Morgan fingerprint density at radius 3 is 2.77 bits per heavy atom. The number of piperidine rings is 1. The predicted octanol–water partition coefficient (Wildman–Crippen LogP) is 5.22. The Balaban J connectivity index is 0.889. The number of nitrogens with one attached hydrogen (secondary N) is 3. The molecule has 3 aromatic heterocycles. The van der Waals surface area contributed by atoms with Crippen LogP contribution in [0.15, 0.2) is 54.7 Å². The molecular formula is C40H40N8O4. The minimum Gasteiger partial charge on any atom is -0.357 e. The number of unbranched alkanes of at least 4 members (excludes halogenated alkanes) is 2. The van der Waals surface area contributed by atoms with Gasteiger partial charge in [-0.1, -0.05) is 24.0 Å². The van der Waals surface area contributed by atoms with Gasteiger partial charge in [0.1, 0.15) is 11.9 Å². The van der Waals surface area contributed by atoms with Gasteiger partial charge < -0.3 is 15.2 Å². The minimum atomic E-state index is -0.653. The van der Waals surface area contributed by atoms with Gasteiger partial charge in [-0.3, -0.25) is 34.1 Å². The maximum atomic E-state index is 13.4. The third-order valence-corrected chi connectivity index (χ3v) is 10.6. The van der Waals surface area contributed by atoms with Crippen molar-refractivity contribution in [1.29, 1.82) is 0 Å². The Morgan fingerprint density at radius 2 is 1.94 bits per heavy atom. The molecule has 5 aromatic rings. The third-order valence-electron chi connectivity index (χ3n) is 10.6. The van der Waals surface area contributed by atoms with Gasteiger partial charge >= 0.3 is 0 Å². The Labute approximate surface area is 300 Å². The maximum absolute atomic E-state index is 13.4. The summed E-state index contributed by atoms with van der Waals surface area (Å²) in [5.74, 6) is 5.84. The van der Waals surface area contributed by atoms with Crippen molar-refractivity contribution < 1.29 is 19.2 Å². The second-order valence-electron chi connectivity index (χ2n) is 14.0. The van der Waals surface area contributed by atoms with Crippen LogP contribution in [0.5, 0.6) is 0 Å². The summed E-state index contributed by atoms with van der Waals surface area (Å²) in [4.78, 5) is 62.5. The molecule has 6 heterocycles. The topological polar surface area (TPSA) is 145 Å². The number of hydrogen-bond donors (Lipinski definition) is 3. The smallest absolute Gasteiger partial charge is 0.256 e. The molecule has 0 bridgehead atoms. The second kappa shape index (κ2) is 13.7. The van der Waals surface area contributed by atoms with Crippen LogP contribution in [0.2, 0.25) is 0 Å². The number of aryl methyl sites for hydroxylation is 2. The van der Waals surface area contributed by atoms with E-state index < -0.39 is 11.9 Å². The average molecular weight is 697 g/mol. The van der Waals surface area contributed by atoms with Gasteiger partial charge in [0, 0.05) is 77.4 Å². The van der Waals surface area contributed by atoms with E-state index in [1.54, 1.807) is 17.2 Å². The molecule has 12 nitrogen and oxygen atoms in total. The fourth-order valence-electron chi connectivity index (χ4n) is 7.77. The van der Waals surface area contributed by atoms with E-state index in [0.29, 0.717) is 48.9 Å². The summed E-state index contributed by atoms with van der Waals surface area (Å²) in [5.41, 5.74) is 6.64. The van der Waals surface area contributed by atoms with Gasteiger partial charge in [0.25, 0.3) is 11.8 Å². The summed E-state index contributed by atoms with van der Waals surface area (Å²) in [7, 11) is 2.15. The largest absolute Gasteiger partial charge is 0.357 e. The molecule has 3 aliphatic rings.